The average molecular weight is 496 g/mol. The molecule has 8 nitrogen and oxygen atoms in total. The molecule has 0 radical (unpaired) electrons. The van der Waals surface area contributed by atoms with Crippen LogP contribution in [0.1, 0.15) is 37.7 Å². The second kappa shape index (κ2) is 11.0. The molecule has 0 bridgehead atoms. The van der Waals surface area contributed by atoms with Crippen LogP contribution in [0.15, 0.2) is 65.7 Å². The summed E-state index contributed by atoms with van der Waals surface area (Å²) in [5, 5.41) is 3.50. The first kappa shape index (κ1) is 24.8. The molecule has 3 aromatic rings. The van der Waals surface area contributed by atoms with Crippen LogP contribution in [0.3, 0.4) is 0 Å². The van der Waals surface area contributed by atoms with Crippen molar-refractivity contribution in [2.24, 2.45) is 0 Å². The Labute approximate surface area is 205 Å². The Morgan fingerprint density at radius 3 is 2.57 bits per heavy atom. The molecular formula is C26H29N3O5S. The predicted molar refractivity (Wildman–Crippen MR) is 133 cm³/mol. The van der Waals surface area contributed by atoms with Gasteiger partial charge in [-0.3, -0.25) is 14.6 Å². The summed E-state index contributed by atoms with van der Waals surface area (Å²) in [4.78, 5) is 29.2. The summed E-state index contributed by atoms with van der Waals surface area (Å²) >= 11 is 0. The van der Waals surface area contributed by atoms with Crippen LogP contribution in [-0.4, -0.2) is 49.3 Å². The molecule has 9 heteroatoms. The third-order valence-corrected chi connectivity index (χ3v) is 8.29. The molecule has 0 unspecified atom stereocenters. The molecule has 1 amide bonds. The summed E-state index contributed by atoms with van der Waals surface area (Å²) in [5.74, 6) is -1.19. The van der Waals surface area contributed by atoms with E-state index in [1.54, 1.807) is 31.4 Å². The number of para-hydroxylation sites is 2. The Morgan fingerprint density at radius 1 is 1.03 bits per heavy atom. The van der Waals surface area contributed by atoms with Crippen LogP contribution in [0.4, 0.5) is 5.69 Å². The molecule has 1 aliphatic carbocycles. The van der Waals surface area contributed by atoms with Crippen LogP contribution < -0.4 is 5.32 Å². The van der Waals surface area contributed by atoms with Crippen LogP contribution in [0.5, 0.6) is 0 Å². The highest BCUT2D eigenvalue weighted by Gasteiger charge is 2.31. The van der Waals surface area contributed by atoms with Crippen LogP contribution in [0, 0.1) is 0 Å². The number of carbonyl (C=O) groups excluding carboxylic acids is 2. The molecule has 1 heterocycles. The molecule has 1 fully saturated rings. The van der Waals surface area contributed by atoms with Gasteiger partial charge in [-0.25, -0.2) is 8.42 Å². The number of aromatic nitrogens is 1. The van der Waals surface area contributed by atoms with Crippen molar-refractivity contribution in [2.45, 2.75) is 49.5 Å². The van der Waals surface area contributed by atoms with Gasteiger partial charge >= 0.3 is 5.97 Å². The van der Waals surface area contributed by atoms with Gasteiger partial charge in [-0.05, 0) is 36.6 Å². The Kier molecular flexibility index (Phi) is 7.77. The Hall–Kier alpha value is -3.30. The van der Waals surface area contributed by atoms with Gasteiger partial charge in [0.05, 0.1) is 17.6 Å². The topological polar surface area (TPSA) is 106 Å². The lowest BCUT2D eigenvalue weighted by Gasteiger charge is -2.30. The van der Waals surface area contributed by atoms with Crippen molar-refractivity contribution in [3.63, 3.8) is 0 Å². The molecule has 0 aliphatic heterocycles. The van der Waals surface area contributed by atoms with Crippen LogP contribution in [0.25, 0.3) is 10.9 Å². The molecule has 1 N–H and O–H groups in total. The van der Waals surface area contributed by atoms with Gasteiger partial charge in [-0.2, -0.15) is 4.31 Å². The highest BCUT2D eigenvalue weighted by Crippen LogP contribution is 2.29. The smallest absolute Gasteiger partial charge is 0.310 e. The molecule has 184 valence electrons. The minimum atomic E-state index is -3.80. The number of hydrogen-bond donors (Lipinski definition) is 1. The first-order chi connectivity index (χ1) is 16.9. The molecular weight excluding hydrogens is 466 g/mol. The number of amides is 1. The van der Waals surface area contributed by atoms with Gasteiger partial charge < -0.3 is 10.1 Å². The lowest BCUT2D eigenvalue weighted by Crippen LogP contribution is -2.38. The van der Waals surface area contributed by atoms with Gasteiger partial charge in [0, 0.05) is 24.7 Å². The number of rotatable bonds is 8. The number of hydrogen-bond acceptors (Lipinski definition) is 6. The Bertz CT molecular complexity index is 1310. The maximum atomic E-state index is 13.3. The summed E-state index contributed by atoms with van der Waals surface area (Å²) in [7, 11) is -2.21. The van der Waals surface area contributed by atoms with E-state index < -0.39 is 28.5 Å². The van der Waals surface area contributed by atoms with Crippen molar-refractivity contribution in [3.8, 4) is 0 Å². The highest BCUT2D eigenvalue weighted by atomic mass is 32.2. The number of nitrogens with one attached hydrogen (secondary N) is 1. The molecule has 35 heavy (non-hydrogen) atoms. The third-order valence-electron chi connectivity index (χ3n) is 6.32. The monoisotopic (exact) mass is 495 g/mol. The quantitative estimate of drug-likeness (QED) is 0.475. The number of pyridine rings is 1. The van der Waals surface area contributed by atoms with Crippen LogP contribution in [-0.2, 0) is 30.8 Å². The maximum absolute atomic E-state index is 13.3. The van der Waals surface area contributed by atoms with Crippen molar-refractivity contribution in [1.29, 1.82) is 0 Å². The second-order valence-electron chi connectivity index (χ2n) is 8.69. The van der Waals surface area contributed by atoms with Crippen molar-refractivity contribution in [2.75, 3.05) is 19.0 Å². The number of nitrogens with zero attached hydrogens (tertiary/aromatic N) is 2. The number of benzene rings is 2. The van der Waals surface area contributed by atoms with Crippen LogP contribution in [0.2, 0.25) is 0 Å². The Balaban J connectivity index is 1.39. The summed E-state index contributed by atoms with van der Waals surface area (Å²) < 4.78 is 33.2. The number of ether oxygens (including phenoxy) is 1. The molecule has 1 aliphatic rings. The van der Waals surface area contributed by atoms with E-state index in [4.69, 9.17) is 4.74 Å². The van der Waals surface area contributed by atoms with Gasteiger partial charge in [-0.15, -0.1) is 0 Å². The second-order valence-corrected chi connectivity index (χ2v) is 10.7. The average Bonchev–Trinajstić information content (AvgIpc) is 2.88. The lowest BCUT2D eigenvalue weighted by molar-refractivity contribution is -0.146. The van der Waals surface area contributed by atoms with Gasteiger partial charge in [0.1, 0.15) is 4.90 Å². The predicted octanol–water partition coefficient (Wildman–Crippen LogP) is 3.91. The first-order valence-corrected chi connectivity index (χ1v) is 13.2. The van der Waals surface area contributed by atoms with Gasteiger partial charge in [0.15, 0.2) is 6.61 Å². The summed E-state index contributed by atoms with van der Waals surface area (Å²) in [6.07, 6.45) is 6.40. The van der Waals surface area contributed by atoms with E-state index in [9.17, 15) is 18.0 Å². The normalized spacial score (nSPS) is 14.7. The van der Waals surface area contributed by atoms with E-state index >= 15 is 0 Å². The maximum Gasteiger partial charge on any atom is 0.310 e. The van der Waals surface area contributed by atoms with Crippen molar-refractivity contribution in [1.82, 2.24) is 9.29 Å². The number of anilines is 1. The highest BCUT2D eigenvalue weighted by molar-refractivity contribution is 7.89. The molecule has 1 aromatic heterocycles. The standard InChI is InChI=1S/C26H29N3O5S/c1-29(21-12-3-2-4-13-21)35(32,33)23-15-6-5-14-22(23)28-24(30)18-34-25(31)17-20-10-7-9-19-11-8-16-27-26(19)20/h5-11,14-16,21H,2-4,12-13,17-18H2,1H3,(H,28,30). The molecule has 0 spiro atoms. The van der Waals surface area contributed by atoms with Crippen molar-refractivity contribution >= 4 is 38.5 Å². The Morgan fingerprint density at radius 2 is 1.77 bits per heavy atom. The van der Waals surface area contributed by atoms with E-state index in [0.29, 0.717) is 11.1 Å². The number of carbonyl (C=O) groups is 2. The number of esters is 1. The fourth-order valence-electron chi connectivity index (χ4n) is 4.44. The summed E-state index contributed by atoms with van der Waals surface area (Å²) in [6, 6.07) is 15.5. The zero-order chi connectivity index (χ0) is 24.8. The van der Waals surface area contributed by atoms with Crippen molar-refractivity contribution < 1.29 is 22.7 Å². The largest absolute Gasteiger partial charge is 0.455 e. The zero-order valence-corrected chi connectivity index (χ0v) is 20.5. The van der Waals surface area contributed by atoms with E-state index in [-0.39, 0.29) is 23.0 Å². The molecule has 0 atom stereocenters. The number of sulfonamides is 1. The molecule has 4 rings (SSSR count). The summed E-state index contributed by atoms with van der Waals surface area (Å²) in [6.45, 7) is -0.524. The van der Waals surface area contributed by atoms with E-state index in [1.165, 1.54) is 16.4 Å². The van der Waals surface area contributed by atoms with Gasteiger partial charge in [-0.1, -0.05) is 55.7 Å². The molecule has 0 saturated heterocycles. The minimum absolute atomic E-state index is 0.0228. The lowest BCUT2D eigenvalue weighted by atomic mass is 9.96. The third kappa shape index (κ3) is 5.86. The first-order valence-electron chi connectivity index (χ1n) is 11.7. The van der Waals surface area contributed by atoms with E-state index in [0.717, 1.165) is 37.5 Å². The van der Waals surface area contributed by atoms with E-state index in [2.05, 4.69) is 10.3 Å². The van der Waals surface area contributed by atoms with Gasteiger partial charge in [0.2, 0.25) is 10.0 Å². The zero-order valence-electron chi connectivity index (χ0n) is 19.6. The minimum Gasteiger partial charge on any atom is -0.455 e. The van der Waals surface area contributed by atoms with Gasteiger partial charge in [0.25, 0.3) is 5.91 Å². The SMILES string of the molecule is CN(C1CCCCC1)S(=O)(=O)c1ccccc1NC(=O)COC(=O)Cc1cccc2cccnc12. The fourth-order valence-corrected chi connectivity index (χ4v) is 6.00. The molecule has 1 saturated carbocycles. The fraction of sp³-hybridized carbons (Fsp3) is 0.346. The number of fused-ring (bicyclic) bond motifs is 1. The molecule has 2 aromatic carbocycles. The van der Waals surface area contributed by atoms with Crippen molar-refractivity contribution in [3.05, 3.63) is 66.4 Å². The van der Waals surface area contributed by atoms with E-state index in [1.807, 2.05) is 24.3 Å². The summed E-state index contributed by atoms with van der Waals surface area (Å²) in [5.41, 5.74) is 1.57. The van der Waals surface area contributed by atoms with Crippen LogP contribution >= 0.6 is 0 Å².